The minimum Gasteiger partial charge on any atom is -0.369 e. The molecule has 1 aliphatic rings. The van der Waals surface area contributed by atoms with E-state index in [1.165, 1.54) is 10.5 Å². The van der Waals surface area contributed by atoms with Crippen molar-refractivity contribution in [1.29, 1.82) is 0 Å². The van der Waals surface area contributed by atoms with Crippen molar-refractivity contribution < 1.29 is 14.3 Å². The number of nitrogens with zero attached hydrogens (tertiary/aromatic N) is 3. The molecule has 6 heteroatoms. The van der Waals surface area contributed by atoms with Gasteiger partial charge in [-0.3, -0.25) is 4.79 Å². The van der Waals surface area contributed by atoms with Crippen LogP contribution >= 0.6 is 0 Å². The molecule has 1 aromatic heterocycles. The van der Waals surface area contributed by atoms with Gasteiger partial charge in [0, 0.05) is 33.4 Å². The van der Waals surface area contributed by atoms with E-state index in [9.17, 15) is 4.79 Å². The summed E-state index contributed by atoms with van der Waals surface area (Å²) in [6, 6.07) is 4.07. The van der Waals surface area contributed by atoms with Crippen molar-refractivity contribution in [1.82, 2.24) is 9.88 Å². The van der Waals surface area contributed by atoms with E-state index in [4.69, 9.17) is 9.47 Å². The Hall–Kier alpha value is -1.66. The van der Waals surface area contributed by atoms with Crippen molar-refractivity contribution >= 4 is 11.7 Å². The van der Waals surface area contributed by atoms with Crippen LogP contribution in [0.1, 0.15) is 19.4 Å². The van der Waals surface area contributed by atoms with Crippen LogP contribution in [0.25, 0.3) is 0 Å². The van der Waals surface area contributed by atoms with Gasteiger partial charge in [-0.05, 0) is 38.5 Å². The Bertz CT molecular complexity index is 546. The lowest BCUT2D eigenvalue weighted by Crippen LogP contribution is -2.54. The van der Waals surface area contributed by atoms with Gasteiger partial charge in [0.25, 0.3) is 0 Å². The monoisotopic (exact) mass is 321 g/mol. The summed E-state index contributed by atoms with van der Waals surface area (Å²) >= 11 is 0. The van der Waals surface area contributed by atoms with E-state index in [1.54, 1.807) is 14.1 Å². The fourth-order valence-corrected chi connectivity index (χ4v) is 2.66. The molecule has 1 amide bonds. The molecule has 128 valence electrons. The molecule has 2 heterocycles. The number of likely N-dealkylation sites (N-methyl/N-ethyl adjacent to an activating group) is 1. The third-order valence-corrected chi connectivity index (χ3v) is 3.73. The minimum atomic E-state index is -0.288. The lowest BCUT2D eigenvalue weighted by atomic mass is 10.1. The maximum Gasteiger partial charge on any atom is 0.248 e. The van der Waals surface area contributed by atoms with E-state index in [1.807, 2.05) is 12.3 Å². The highest BCUT2D eigenvalue weighted by molar-refractivity contribution is 5.76. The average molecular weight is 321 g/mol. The fraction of sp³-hybridized carbons (Fsp3) is 0.647. The molecule has 1 atom stereocenters. The predicted octanol–water partition coefficient (Wildman–Crippen LogP) is 1.48. The molecule has 1 aliphatic heterocycles. The van der Waals surface area contributed by atoms with Gasteiger partial charge in [0.05, 0.1) is 18.3 Å². The number of hydrogen-bond donors (Lipinski definition) is 0. The van der Waals surface area contributed by atoms with Crippen LogP contribution in [-0.4, -0.2) is 67.9 Å². The molecule has 23 heavy (non-hydrogen) atoms. The predicted molar refractivity (Wildman–Crippen MR) is 89.7 cm³/mol. The molecule has 0 unspecified atom stereocenters. The second kappa shape index (κ2) is 7.27. The first-order chi connectivity index (χ1) is 10.8. The standard InChI is InChI=1S/C17H27N3O3/c1-13-6-7-18-15(8-13)20-9-14(23-17(2,3)12-20)10-22-11-16(21)19(4)5/h6-8,14H,9-12H2,1-5H3/t14-/m1/s1. The maximum atomic E-state index is 11.6. The van der Waals surface area contributed by atoms with Gasteiger partial charge in [0.2, 0.25) is 5.91 Å². The third-order valence-electron chi connectivity index (χ3n) is 3.73. The molecule has 0 aliphatic carbocycles. The first-order valence-corrected chi connectivity index (χ1v) is 7.90. The van der Waals surface area contributed by atoms with Crippen LogP contribution < -0.4 is 4.90 Å². The van der Waals surface area contributed by atoms with Crippen LogP contribution in [0, 0.1) is 6.92 Å². The van der Waals surface area contributed by atoms with Crippen molar-refractivity contribution in [3.05, 3.63) is 23.9 Å². The summed E-state index contributed by atoms with van der Waals surface area (Å²) in [6.07, 6.45) is 1.74. The maximum absolute atomic E-state index is 11.6. The molecule has 2 rings (SSSR count). The Labute approximate surface area is 138 Å². The smallest absolute Gasteiger partial charge is 0.248 e. The lowest BCUT2D eigenvalue weighted by Gasteiger charge is -2.43. The van der Waals surface area contributed by atoms with Gasteiger partial charge in [-0.1, -0.05) is 0 Å². The molecular weight excluding hydrogens is 294 g/mol. The largest absolute Gasteiger partial charge is 0.369 e. The number of rotatable bonds is 5. The Morgan fingerprint density at radius 2 is 2.26 bits per heavy atom. The number of pyridine rings is 1. The van der Waals surface area contributed by atoms with Gasteiger partial charge in [-0.25, -0.2) is 4.98 Å². The molecule has 0 bridgehead atoms. The summed E-state index contributed by atoms with van der Waals surface area (Å²) in [4.78, 5) is 19.8. The topological polar surface area (TPSA) is 54.9 Å². The number of hydrogen-bond acceptors (Lipinski definition) is 5. The van der Waals surface area contributed by atoms with Crippen molar-refractivity contribution in [2.75, 3.05) is 45.3 Å². The molecule has 0 saturated carbocycles. The summed E-state index contributed by atoms with van der Waals surface area (Å²) in [5.74, 6) is 0.910. The van der Waals surface area contributed by atoms with Crippen molar-refractivity contribution in [2.24, 2.45) is 0 Å². The summed E-state index contributed by atoms with van der Waals surface area (Å²) in [5, 5.41) is 0. The number of anilines is 1. The highest BCUT2D eigenvalue weighted by Crippen LogP contribution is 2.25. The van der Waals surface area contributed by atoms with E-state index in [-0.39, 0.29) is 24.2 Å². The Kier molecular flexibility index (Phi) is 5.59. The Morgan fingerprint density at radius 3 is 2.91 bits per heavy atom. The summed E-state index contributed by atoms with van der Waals surface area (Å²) < 4.78 is 11.6. The molecule has 1 aromatic rings. The van der Waals surface area contributed by atoms with E-state index in [2.05, 4.69) is 36.7 Å². The Balaban J connectivity index is 1.97. The van der Waals surface area contributed by atoms with E-state index >= 15 is 0 Å². The van der Waals surface area contributed by atoms with Crippen LogP contribution in [-0.2, 0) is 14.3 Å². The zero-order chi connectivity index (χ0) is 17.0. The molecule has 0 N–H and O–H groups in total. The quantitative estimate of drug-likeness (QED) is 0.822. The fourth-order valence-electron chi connectivity index (χ4n) is 2.66. The first-order valence-electron chi connectivity index (χ1n) is 7.90. The number of aromatic nitrogens is 1. The van der Waals surface area contributed by atoms with Gasteiger partial charge < -0.3 is 19.3 Å². The molecular formula is C17H27N3O3. The second-order valence-corrected chi connectivity index (χ2v) is 6.87. The van der Waals surface area contributed by atoms with Gasteiger partial charge in [-0.2, -0.15) is 0 Å². The van der Waals surface area contributed by atoms with Gasteiger partial charge in [0.1, 0.15) is 12.4 Å². The highest BCUT2D eigenvalue weighted by Gasteiger charge is 2.34. The highest BCUT2D eigenvalue weighted by atomic mass is 16.5. The van der Waals surface area contributed by atoms with Gasteiger partial charge in [0.15, 0.2) is 0 Å². The van der Waals surface area contributed by atoms with E-state index in [0.717, 1.165) is 12.4 Å². The molecule has 1 fully saturated rings. The Morgan fingerprint density at radius 1 is 1.52 bits per heavy atom. The van der Waals surface area contributed by atoms with Crippen LogP contribution in [0.4, 0.5) is 5.82 Å². The number of aryl methyl sites for hydroxylation is 1. The number of ether oxygens (including phenoxy) is 2. The number of carbonyl (C=O) groups excluding carboxylic acids is 1. The summed E-state index contributed by atoms with van der Waals surface area (Å²) in [5.41, 5.74) is 0.896. The van der Waals surface area contributed by atoms with Gasteiger partial charge in [-0.15, -0.1) is 0 Å². The molecule has 0 aromatic carbocycles. The molecule has 0 spiro atoms. The normalized spacial score (nSPS) is 20.4. The number of carbonyl (C=O) groups is 1. The average Bonchev–Trinajstić information content (AvgIpc) is 2.45. The summed E-state index contributed by atoms with van der Waals surface area (Å²) in [7, 11) is 3.44. The molecule has 0 radical (unpaired) electrons. The van der Waals surface area contributed by atoms with Crippen molar-refractivity contribution in [2.45, 2.75) is 32.5 Å². The molecule has 6 nitrogen and oxygen atoms in total. The van der Waals surface area contributed by atoms with E-state index in [0.29, 0.717) is 13.2 Å². The van der Waals surface area contributed by atoms with Gasteiger partial charge >= 0.3 is 0 Å². The summed E-state index contributed by atoms with van der Waals surface area (Å²) in [6.45, 7) is 8.14. The molecule has 1 saturated heterocycles. The lowest BCUT2D eigenvalue weighted by molar-refractivity contribution is -0.139. The zero-order valence-corrected chi connectivity index (χ0v) is 14.7. The van der Waals surface area contributed by atoms with Crippen LogP contribution in [0.15, 0.2) is 18.3 Å². The van der Waals surface area contributed by atoms with Crippen LogP contribution in [0.3, 0.4) is 0 Å². The van der Waals surface area contributed by atoms with Crippen molar-refractivity contribution in [3.8, 4) is 0 Å². The van der Waals surface area contributed by atoms with Crippen LogP contribution in [0.2, 0.25) is 0 Å². The third kappa shape index (κ3) is 5.18. The van der Waals surface area contributed by atoms with E-state index < -0.39 is 0 Å². The minimum absolute atomic E-state index is 0.0442. The zero-order valence-electron chi connectivity index (χ0n) is 14.7. The SMILES string of the molecule is Cc1ccnc(N2C[C@H](COCC(=O)N(C)C)OC(C)(C)C2)c1. The number of amides is 1. The second-order valence-electron chi connectivity index (χ2n) is 6.87. The van der Waals surface area contributed by atoms with Crippen molar-refractivity contribution in [3.63, 3.8) is 0 Å². The number of morpholine rings is 1. The first kappa shape index (κ1) is 17.7. The van der Waals surface area contributed by atoms with Crippen LogP contribution in [0.5, 0.6) is 0 Å².